The van der Waals surface area contributed by atoms with E-state index < -0.39 is 0 Å². The maximum atomic E-state index is 12.0. The molecule has 1 aromatic rings. The van der Waals surface area contributed by atoms with Crippen LogP contribution in [0.15, 0.2) is 24.3 Å². The minimum Gasteiger partial charge on any atom is -0.492 e. The summed E-state index contributed by atoms with van der Waals surface area (Å²) in [5, 5.41) is 6.23. The van der Waals surface area contributed by atoms with E-state index in [1.54, 1.807) is 0 Å². The second-order valence-electron chi connectivity index (χ2n) is 6.79. The highest BCUT2D eigenvalue weighted by atomic mass is 35.5. The number of ether oxygens (including phenoxy) is 1. The number of piperidine rings is 1. The summed E-state index contributed by atoms with van der Waals surface area (Å²) in [6, 6.07) is 8.66. The third-order valence-corrected chi connectivity index (χ3v) is 4.52. The fourth-order valence-corrected chi connectivity index (χ4v) is 3.00. The second kappa shape index (κ2) is 11.3. The van der Waals surface area contributed by atoms with Gasteiger partial charge in [0, 0.05) is 12.6 Å². The van der Waals surface area contributed by atoms with Crippen LogP contribution in [0.25, 0.3) is 0 Å². The van der Waals surface area contributed by atoms with Crippen LogP contribution in [0.2, 0.25) is 0 Å². The number of likely N-dealkylation sites (tertiary alicyclic amines) is 1. The van der Waals surface area contributed by atoms with Gasteiger partial charge in [0.25, 0.3) is 0 Å². The number of likely N-dealkylation sites (N-methyl/N-ethyl adjacent to an activating group) is 1. The molecular weight excluding hydrogens is 338 g/mol. The van der Waals surface area contributed by atoms with Crippen molar-refractivity contribution in [3.05, 3.63) is 29.8 Å². The Hall–Kier alpha value is -1.30. The molecule has 25 heavy (non-hydrogen) atoms. The van der Waals surface area contributed by atoms with Gasteiger partial charge in [0.05, 0.1) is 13.1 Å². The Morgan fingerprint density at radius 3 is 2.68 bits per heavy atom. The largest absolute Gasteiger partial charge is 0.492 e. The molecule has 1 saturated heterocycles. The van der Waals surface area contributed by atoms with Gasteiger partial charge in [-0.2, -0.15) is 0 Å². The molecule has 0 aromatic heterocycles. The number of nitrogens with one attached hydrogen (secondary N) is 2. The highest BCUT2D eigenvalue weighted by molar-refractivity contribution is 5.85. The number of hydrogen-bond acceptors (Lipinski definition) is 4. The number of carbonyl (C=O) groups excluding carboxylic acids is 1. The number of nitrogens with zero attached hydrogens (tertiary/aromatic N) is 1. The van der Waals surface area contributed by atoms with Crippen LogP contribution in [0.5, 0.6) is 5.75 Å². The Kier molecular flexibility index (Phi) is 9.86. The van der Waals surface area contributed by atoms with Crippen LogP contribution in [0, 0.1) is 0 Å². The van der Waals surface area contributed by atoms with Gasteiger partial charge < -0.3 is 15.4 Å². The summed E-state index contributed by atoms with van der Waals surface area (Å²) in [5.74, 6) is 1.45. The summed E-state index contributed by atoms with van der Waals surface area (Å²) in [4.78, 5) is 14.2. The lowest BCUT2D eigenvalue weighted by molar-refractivity contribution is -0.122. The number of carbonyl (C=O) groups is 1. The lowest BCUT2D eigenvalue weighted by atomic mass is 10.0. The number of benzene rings is 1. The molecule has 142 valence electrons. The molecule has 1 unspecified atom stereocenters. The van der Waals surface area contributed by atoms with Crippen molar-refractivity contribution in [1.82, 2.24) is 15.5 Å². The fraction of sp³-hybridized carbons (Fsp3) is 0.632. The van der Waals surface area contributed by atoms with E-state index in [1.165, 1.54) is 12.0 Å². The maximum Gasteiger partial charge on any atom is 0.234 e. The van der Waals surface area contributed by atoms with Crippen LogP contribution in [0.1, 0.15) is 38.2 Å². The van der Waals surface area contributed by atoms with Gasteiger partial charge in [-0.1, -0.05) is 26.0 Å². The molecule has 1 aromatic carbocycles. The number of halogens is 1. The molecule has 2 rings (SSSR count). The summed E-state index contributed by atoms with van der Waals surface area (Å²) < 4.78 is 5.68. The minimum absolute atomic E-state index is 0. The summed E-state index contributed by atoms with van der Waals surface area (Å²) >= 11 is 0. The third-order valence-electron chi connectivity index (χ3n) is 4.52. The van der Waals surface area contributed by atoms with Gasteiger partial charge >= 0.3 is 0 Å². The van der Waals surface area contributed by atoms with E-state index in [1.807, 2.05) is 19.2 Å². The van der Waals surface area contributed by atoms with Gasteiger partial charge in [-0.15, -0.1) is 12.4 Å². The number of amides is 1. The molecule has 0 bridgehead atoms. The molecule has 5 nitrogen and oxygen atoms in total. The van der Waals surface area contributed by atoms with Crippen LogP contribution < -0.4 is 15.4 Å². The van der Waals surface area contributed by atoms with Gasteiger partial charge in [-0.3, -0.25) is 9.69 Å². The first-order valence-electron chi connectivity index (χ1n) is 8.97. The van der Waals surface area contributed by atoms with E-state index in [2.05, 4.69) is 41.5 Å². The van der Waals surface area contributed by atoms with E-state index in [9.17, 15) is 4.79 Å². The highest BCUT2D eigenvalue weighted by Crippen LogP contribution is 2.18. The first-order chi connectivity index (χ1) is 11.6. The molecule has 1 atom stereocenters. The molecule has 1 fully saturated rings. The van der Waals surface area contributed by atoms with Gasteiger partial charge in [0.2, 0.25) is 5.91 Å². The molecule has 1 aliphatic rings. The van der Waals surface area contributed by atoms with Gasteiger partial charge in [-0.25, -0.2) is 0 Å². The van der Waals surface area contributed by atoms with Crippen LogP contribution in [0.4, 0.5) is 0 Å². The van der Waals surface area contributed by atoms with Crippen molar-refractivity contribution in [2.24, 2.45) is 0 Å². The molecule has 1 amide bonds. The summed E-state index contributed by atoms with van der Waals surface area (Å²) in [5.41, 5.74) is 1.30. The molecule has 0 radical (unpaired) electrons. The van der Waals surface area contributed by atoms with Crippen molar-refractivity contribution in [2.75, 3.05) is 39.8 Å². The zero-order valence-electron chi connectivity index (χ0n) is 15.6. The van der Waals surface area contributed by atoms with Crippen molar-refractivity contribution >= 4 is 18.3 Å². The highest BCUT2D eigenvalue weighted by Gasteiger charge is 2.19. The van der Waals surface area contributed by atoms with E-state index >= 15 is 0 Å². The lowest BCUT2D eigenvalue weighted by Gasteiger charge is -2.31. The third kappa shape index (κ3) is 7.63. The lowest BCUT2D eigenvalue weighted by Crippen LogP contribution is -2.48. The molecule has 0 aliphatic carbocycles. The standard InChI is InChI=1S/C19H31N3O2.ClH/c1-15(2)16-6-8-18(9-7-16)24-12-10-21-19(23)14-22-11-4-5-17(13-22)20-3;/h6-9,15,17,20H,4-5,10-14H2,1-3H3,(H,21,23);1H. The van der Waals surface area contributed by atoms with Crippen LogP contribution in [-0.2, 0) is 4.79 Å². The van der Waals surface area contributed by atoms with E-state index in [-0.39, 0.29) is 18.3 Å². The van der Waals surface area contributed by atoms with Gasteiger partial charge in [0.1, 0.15) is 12.4 Å². The molecule has 0 spiro atoms. The predicted molar refractivity (Wildman–Crippen MR) is 105 cm³/mol. The molecule has 1 heterocycles. The van der Waals surface area contributed by atoms with Crippen LogP contribution in [-0.4, -0.2) is 56.7 Å². The fourth-order valence-electron chi connectivity index (χ4n) is 3.00. The molecule has 2 N–H and O–H groups in total. The molecule has 1 aliphatic heterocycles. The molecule has 0 saturated carbocycles. The number of rotatable bonds is 8. The average molecular weight is 370 g/mol. The predicted octanol–water partition coefficient (Wildman–Crippen LogP) is 2.41. The Balaban J connectivity index is 0.00000312. The molecular formula is C19H32ClN3O2. The Labute approximate surface area is 157 Å². The average Bonchev–Trinajstić information content (AvgIpc) is 2.59. The first-order valence-corrected chi connectivity index (χ1v) is 8.97. The monoisotopic (exact) mass is 369 g/mol. The zero-order valence-corrected chi connectivity index (χ0v) is 16.4. The van der Waals surface area contributed by atoms with Crippen molar-refractivity contribution in [2.45, 2.75) is 38.6 Å². The van der Waals surface area contributed by atoms with Crippen molar-refractivity contribution in [3.8, 4) is 5.75 Å². The minimum atomic E-state index is 0. The van der Waals surface area contributed by atoms with Gasteiger partial charge in [0.15, 0.2) is 0 Å². The summed E-state index contributed by atoms with van der Waals surface area (Å²) in [7, 11) is 1.99. The topological polar surface area (TPSA) is 53.6 Å². The van der Waals surface area contributed by atoms with Crippen LogP contribution in [0.3, 0.4) is 0 Å². The summed E-state index contributed by atoms with van der Waals surface area (Å²) in [6.07, 6.45) is 2.34. The van der Waals surface area contributed by atoms with Crippen molar-refractivity contribution in [3.63, 3.8) is 0 Å². The zero-order chi connectivity index (χ0) is 17.4. The van der Waals surface area contributed by atoms with E-state index in [4.69, 9.17) is 4.74 Å². The Morgan fingerprint density at radius 2 is 2.04 bits per heavy atom. The normalized spacial score (nSPS) is 17.8. The number of hydrogen-bond donors (Lipinski definition) is 2. The van der Waals surface area contributed by atoms with E-state index in [0.29, 0.717) is 31.7 Å². The quantitative estimate of drug-likeness (QED) is 0.691. The van der Waals surface area contributed by atoms with E-state index in [0.717, 1.165) is 25.3 Å². The maximum absolute atomic E-state index is 12.0. The Morgan fingerprint density at radius 1 is 1.32 bits per heavy atom. The van der Waals surface area contributed by atoms with Gasteiger partial charge in [-0.05, 0) is 50.0 Å². The molecule has 6 heteroatoms. The first kappa shape index (κ1) is 21.7. The smallest absolute Gasteiger partial charge is 0.234 e. The summed E-state index contributed by atoms with van der Waals surface area (Å²) in [6.45, 7) is 7.80. The SMILES string of the molecule is CNC1CCCN(CC(=O)NCCOc2ccc(C(C)C)cc2)C1.Cl. The Bertz CT molecular complexity index is 508. The van der Waals surface area contributed by atoms with Crippen LogP contribution >= 0.6 is 12.4 Å². The van der Waals surface area contributed by atoms with Crippen molar-refractivity contribution in [1.29, 1.82) is 0 Å². The van der Waals surface area contributed by atoms with Crippen molar-refractivity contribution < 1.29 is 9.53 Å². The second-order valence-corrected chi connectivity index (χ2v) is 6.79.